The monoisotopic (exact) mass is 282 g/mol. The molecular weight excluding hydrogens is 268 g/mol. The van der Waals surface area contributed by atoms with Crippen LogP contribution in [-0.4, -0.2) is 25.1 Å². The zero-order valence-electron chi connectivity index (χ0n) is 9.70. The highest BCUT2D eigenvalue weighted by molar-refractivity contribution is 9.10. The third-order valence-corrected chi connectivity index (χ3v) is 3.12. The van der Waals surface area contributed by atoms with Crippen molar-refractivity contribution in [2.45, 2.75) is 19.5 Å². The van der Waals surface area contributed by atoms with Crippen molar-refractivity contribution in [3.05, 3.63) is 28.2 Å². The number of benzene rings is 1. The Balaban J connectivity index is 2.76. The van der Waals surface area contributed by atoms with Gasteiger partial charge in [0.05, 0.1) is 23.7 Å². The van der Waals surface area contributed by atoms with Gasteiger partial charge >= 0.3 is 0 Å². The highest BCUT2D eigenvalue weighted by atomic mass is 79.9. The van der Waals surface area contributed by atoms with Crippen molar-refractivity contribution in [3.63, 3.8) is 0 Å². The SMILES string of the molecule is COc1ccc(CN(C)C(C)C#N)cc1Br. The molecule has 1 unspecified atom stereocenters. The van der Waals surface area contributed by atoms with Gasteiger partial charge in [-0.1, -0.05) is 6.07 Å². The molecule has 1 rings (SSSR count). The second kappa shape index (κ2) is 5.88. The molecule has 3 nitrogen and oxygen atoms in total. The maximum absolute atomic E-state index is 8.80. The van der Waals surface area contributed by atoms with Crippen molar-refractivity contribution >= 4 is 15.9 Å². The number of ether oxygens (including phenoxy) is 1. The Morgan fingerprint density at radius 2 is 2.25 bits per heavy atom. The minimum absolute atomic E-state index is 0.0825. The van der Waals surface area contributed by atoms with Crippen molar-refractivity contribution in [2.75, 3.05) is 14.2 Å². The van der Waals surface area contributed by atoms with E-state index in [1.165, 1.54) is 0 Å². The van der Waals surface area contributed by atoms with Gasteiger partial charge in [-0.3, -0.25) is 4.90 Å². The van der Waals surface area contributed by atoms with E-state index in [2.05, 4.69) is 22.0 Å². The van der Waals surface area contributed by atoms with E-state index in [9.17, 15) is 0 Å². The van der Waals surface area contributed by atoms with Gasteiger partial charge in [0.2, 0.25) is 0 Å². The number of hydrogen-bond acceptors (Lipinski definition) is 3. The second-order valence-electron chi connectivity index (χ2n) is 3.69. The lowest BCUT2D eigenvalue weighted by Gasteiger charge is -2.19. The fourth-order valence-corrected chi connectivity index (χ4v) is 1.92. The summed E-state index contributed by atoms with van der Waals surface area (Å²) in [4.78, 5) is 1.99. The molecule has 0 N–H and O–H groups in total. The van der Waals surface area contributed by atoms with Gasteiger partial charge in [-0.15, -0.1) is 0 Å². The lowest BCUT2D eigenvalue weighted by atomic mass is 10.2. The first-order valence-corrected chi connectivity index (χ1v) is 5.80. The number of methoxy groups -OCH3 is 1. The van der Waals surface area contributed by atoms with E-state index in [4.69, 9.17) is 10.00 Å². The van der Waals surface area contributed by atoms with Crippen molar-refractivity contribution in [3.8, 4) is 11.8 Å². The van der Waals surface area contributed by atoms with Crippen LogP contribution in [0.3, 0.4) is 0 Å². The zero-order valence-corrected chi connectivity index (χ0v) is 11.3. The maximum atomic E-state index is 8.80. The van der Waals surface area contributed by atoms with Gasteiger partial charge in [0, 0.05) is 6.54 Å². The summed E-state index contributed by atoms with van der Waals surface area (Å²) in [5.41, 5.74) is 1.15. The quantitative estimate of drug-likeness (QED) is 0.852. The topological polar surface area (TPSA) is 36.3 Å². The predicted octanol–water partition coefficient (Wildman–Crippen LogP) is 2.80. The fraction of sp³-hybridized carbons (Fsp3) is 0.417. The van der Waals surface area contributed by atoms with Crippen LogP contribution in [0, 0.1) is 11.3 Å². The van der Waals surface area contributed by atoms with Gasteiger partial charge in [-0.2, -0.15) is 5.26 Å². The molecule has 0 aliphatic carbocycles. The standard InChI is InChI=1S/C12H15BrN2O/c1-9(7-14)15(2)8-10-4-5-12(16-3)11(13)6-10/h4-6,9H,8H2,1-3H3. The molecule has 4 heteroatoms. The van der Waals surface area contributed by atoms with E-state index in [0.29, 0.717) is 0 Å². The Morgan fingerprint density at radius 1 is 1.56 bits per heavy atom. The molecule has 0 spiro atoms. The molecule has 0 aliphatic heterocycles. The van der Waals surface area contributed by atoms with Crippen LogP contribution in [0.2, 0.25) is 0 Å². The molecule has 0 aromatic heterocycles. The van der Waals surface area contributed by atoms with Crippen LogP contribution in [0.4, 0.5) is 0 Å². The van der Waals surface area contributed by atoms with Crippen LogP contribution in [0.15, 0.2) is 22.7 Å². The molecule has 0 radical (unpaired) electrons. The lowest BCUT2D eigenvalue weighted by molar-refractivity contribution is 0.294. The molecular formula is C12H15BrN2O. The molecule has 0 heterocycles. The van der Waals surface area contributed by atoms with E-state index < -0.39 is 0 Å². The van der Waals surface area contributed by atoms with Crippen molar-refractivity contribution in [2.24, 2.45) is 0 Å². The number of rotatable bonds is 4. The van der Waals surface area contributed by atoms with E-state index in [1.807, 2.05) is 37.1 Å². The number of halogens is 1. The number of nitriles is 1. The average molecular weight is 283 g/mol. The van der Waals surface area contributed by atoms with Crippen LogP contribution < -0.4 is 4.74 Å². The summed E-state index contributed by atoms with van der Waals surface area (Å²) in [6, 6.07) is 8.07. The molecule has 86 valence electrons. The molecule has 0 aliphatic rings. The second-order valence-corrected chi connectivity index (χ2v) is 4.54. The molecule has 0 saturated carbocycles. The Morgan fingerprint density at radius 3 is 2.75 bits per heavy atom. The van der Waals surface area contributed by atoms with Crippen molar-refractivity contribution in [1.82, 2.24) is 4.90 Å². The molecule has 16 heavy (non-hydrogen) atoms. The minimum Gasteiger partial charge on any atom is -0.496 e. The zero-order chi connectivity index (χ0) is 12.1. The van der Waals surface area contributed by atoms with Crippen LogP contribution >= 0.6 is 15.9 Å². The Labute approximate surface area is 105 Å². The van der Waals surface area contributed by atoms with Crippen LogP contribution in [0.5, 0.6) is 5.75 Å². The van der Waals surface area contributed by atoms with E-state index in [-0.39, 0.29) is 6.04 Å². The van der Waals surface area contributed by atoms with Gasteiger partial charge < -0.3 is 4.74 Å². The Hall–Kier alpha value is -1.05. The van der Waals surface area contributed by atoms with Crippen molar-refractivity contribution < 1.29 is 4.74 Å². The molecule has 0 saturated heterocycles. The van der Waals surface area contributed by atoms with Crippen molar-refractivity contribution in [1.29, 1.82) is 5.26 Å². The summed E-state index contributed by atoms with van der Waals surface area (Å²) in [6.45, 7) is 2.63. The van der Waals surface area contributed by atoms with E-state index >= 15 is 0 Å². The Bertz CT molecular complexity index is 400. The third kappa shape index (κ3) is 3.22. The Kier molecular flexibility index (Phi) is 4.78. The summed E-state index contributed by atoms with van der Waals surface area (Å²) in [6.07, 6.45) is 0. The van der Waals surface area contributed by atoms with Gasteiger partial charge in [-0.25, -0.2) is 0 Å². The van der Waals surface area contributed by atoms with Crippen LogP contribution in [-0.2, 0) is 6.54 Å². The summed E-state index contributed by atoms with van der Waals surface area (Å²) < 4.78 is 6.10. The summed E-state index contributed by atoms with van der Waals surface area (Å²) >= 11 is 3.44. The van der Waals surface area contributed by atoms with E-state index in [0.717, 1.165) is 22.3 Å². The van der Waals surface area contributed by atoms with Gasteiger partial charge in [0.1, 0.15) is 5.75 Å². The van der Waals surface area contributed by atoms with Crippen LogP contribution in [0.25, 0.3) is 0 Å². The summed E-state index contributed by atoms with van der Waals surface area (Å²) in [5, 5.41) is 8.80. The van der Waals surface area contributed by atoms with E-state index in [1.54, 1.807) is 7.11 Å². The first kappa shape index (κ1) is 13.0. The molecule has 0 fully saturated rings. The largest absolute Gasteiger partial charge is 0.496 e. The molecule has 1 atom stereocenters. The molecule has 0 amide bonds. The maximum Gasteiger partial charge on any atom is 0.133 e. The summed E-state index contributed by atoms with van der Waals surface area (Å²) in [7, 11) is 3.58. The number of hydrogen-bond donors (Lipinski definition) is 0. The van der Waals surface area contributed by atoms with Gasteiger partial charge in [-0.05, 0) is 47.6 Å². The molecule has 1 aromatic carbocycles. The predicted molar refractivity (Wildman–Crippen MR) is 67.2 cm³/mol. The van der Waals surface area contributed by atoms with Gasteiger partial charge in [0.15, 0.2) is 0 Å². The summed E-state index contributed by atoms with van der Waals surface area (Å²) in [5.74, 6) is 0.819. The van der Waals surface area contributed by atoms with Crippen LogP contribution in [0.1, 0.15) is 12.5 Å². The minimum atomic E-state index is -0.0825. The first-order chi connectivity index (χ1) is 7.58. The highest BCUT2D eigenvalue weighted by Gasteiger charge is 2.09. The molecule has 1 aromatic rings. The lowest BCUT2D eigenvalue weighted by Crippen LogP contribution is -2.26. The van der Waals surface area contributed by atoms with Gasteiger partial charge in [0.25, 0.3) is 0 Å². The number of nitrogens with zero attached hydrogens (tertiary/aromatic N) is 2. The fourth-order valence-electron chi connectivity index (χ4n) is 1.33. The average Bonchev–Trinajstić information content (AvgIpc) is 2.28. The highest BCUT2D eigenvalue weighted by Crippen LogP contribution is 2.26. The third-order valence-electron chi connectivity index (χ3n) is 2.50. The first-order valence-electron chi connectivity index (χ1n) is 5.00. The molecule has 0 bridgehead atoms. The smallest absolute Gasteiger partial charge is 0.133 e. The normalized spacial score (nSPS) is 12.2.